The molecule has 0 bridgehead atoms. The first kappa shape index (κ1) is 23.9. The van der Waals surface area contributed by atoms with Gasteiger partial charge in [0.2, 0.25) is 0 Å². The molecule has 0 aliphatic heterocycles. The summed E-state index contributed by atoms with van der Waals surface area (Å²) in [5.41, 5.74) is 3.35. The number of benzene rings is 7. The van der Waals surface area contributed by atoms with Gasteiger partial charge < -0.3 is 9.13 Å². The number of hydrogen-bond acceptors (Lipinski definition) is 1. The predicted molar refractivity (Wildman–Crippen MR) is 175 cm³/mol. The zero-order chi connectivity index (χ0) is 27.4. The zero-order valence-corrected chi connectivity index (χ0v) is 23.2. The van der Waals surface area contributed by atoms with E-state index in [1.54, 1.807) is 0 Å². The number of nitrogens with zero attached hydrogens (tertiary/aromatic N) is 1. The van der Waals surface area contributed by atoms with Crippen molar-refractivity contribution in [1.29, 1.82) is 0 Å². The molecule has 2 nitrogen and oxygen atoms in total. The standard InChI is InChI=1S/C38H26NOP/c40-41(32-20-18-27-10-4-6-12-29(27)24-32,33-21-19-28-11-5-7-13-30(28)25-33)34-22-23-38-36(26-34)35-16-8-9-17-37(35)39(38)31-14-2-1-3-15-31/h1-26H. The quantitative estimate of drug-likeness (QED) is 0.204. The van der Waals surface area contributed by atoms with Crippen molar-refractivity contribution >= 4 is 66.4 Å². The van der Waals surface area contributed by atoms with E-state index < -0.39 is 7.14 Å². The van der Waals surface area contributed by atoms with Crippen molar-refractivity contribution in [1.82, 2.24) is 4.57 Å². The lowest BCUT2D eigenvalue weighted by atomic mass is 10.1. The molecule has 3 heteroatoms. The van der Waals surface area contributed by atoms with Gasteiger partial charge in [0.1, 0.15) is 0 Å². The van der Waals surface area contributed by atoms with E-state index in [4.69, 9.17) is 0 Å². The highest BCUT2D eigenvalue weighted by atomic mass is 31.2. The Morgan fingerprint density at radius 2 is 0.878 bits per heavy atom. The van der Waals surface area contributed by atoms with Crippen molar-refractivity contribution in [2.45, 2.75) is 0 Å². The normalized spacial score (nSPS) is 12.0. The van der Waals surface area contributed by atoms with Crippen LogP contribution in [-0.4, -0.2) is 4.57 Å². The highest BCUT2D eigenvalue weighted by molar-refractivity contribution is 7.85. The van der Waals surface area contributed by atoms with Crippen LogP contribution in [0.2, 0.25) is 0 Å². The molecule has 0 saturated heterocycles. The summed E-state index contributed by atoms with van der Waals surface area (Å²) in [6, 6.07) is 54.4. The molecule has 0 saturated carbocycles. The van der Waals surface area contributed by atoms with E-state index in [9.17, 15) is 0 Å². The lowest BCUT2D eigenvalue weighted by Gasteiger charge is -2.21. The van der Waals surface area contributed by atoms with Crippen molar-refractivity contribution < 1.29 is 4.57 Å². The van der Waals surface area contributed by atoms with E-state index in [0.29, 0.717) is 0 Å². The van der Waals surface area contributed by atoms with Crippen LogP contribution in [0.1, 0.15) is 0 Å². The van der Waals surface area contributed by atoms with Crippen molar-refractivity contribution in [2.24, 2.45) is 0 Å². The Balaban J connectivity index is 1.43. The third-order valence-corrected chi connectivity index (χ3v) is 11.2. The number of aromatic nitrogens is 1. The van der Waals surface area contributed by atoms with Gasteiger partial charge in [-0.25, -0.2) is 0 Å². The van der Waals surface area contributed by atoms with Crippen LogP contribution in [0.25, 0.3) is 49.0 Å². The summed E-state index contributed by atoms with van der Waals surface area (Å²) in [6.45, 7) is 0. The van der Waals surface area contributed by atoms with Gasteiger partial charge in [0.25, 0.3) is 0 Å². The first-order valence-corrected chi connectivity index (χ1v) is 15.6. The van der Waals surface area contributed by atoms with Crippen LogP contribution in [-0.2, 0) is 4.57 Å². The number of hydrogen-bond donors (Lipinski definition) is 0. The molecule has 0 unspecified atom stereocenters. The van der Waals surface area contributed by atoms with E-state index in [1.807, 2.05) is 30.3 Å². The van der Waals surface area contributed by atoms with Gasteiger partial charge in [-0.1, -0.05) is 109 Å². The Hall–Kier alpha value is -4.91. The summed E-state index contributed by atoms with van der Waals surface area (Å²) in [7, 11) is -3.24. The number of para-hydroxylation sites is 2. The minimum atomic E-state index is -3.24. The Bertz CT molecular complexity index is 2210. The molecule has 8 rings (SSSR count). The third-order valence-electron chi connectivity index (χ3n) is 8.23. The molecule has 41 heavy (non-hydrogen) atoms. The van der Waals surface area contributed by atoms with Gasteiger partial charge in [-0.15, -0.1) is 0 Å². The molecule has 7 aromatic carbocycles. The third kappa shape index (κ3) is 3.76. The van der Waals surface area contributed by atoms with Gasteiger partial charge in [-0.3, -0.25) is 0 Å². The van der Waals surface area contributed by atoms with Gasteiger partial charge >= 0.3 is 0 Å². The molecule has 0 fully saturated rings. The predicted octanol–water partition coefficient (Wildman–Crippen LogP) is 8.73. The molecule has 0 amide bonds. The molecule has 8 aromatic rings. The smallest absolute Gasteiger partial charge is 0.171 e. The molecule has 1 heterocycles. The summed E-state index contributed by atoms with van der Waals surface area (Å²) in [5.74, 6) is 0. The maximum Gasteiger partial charge on any atom is 0.171 e. The first-order chi connectivity index (χ1) is 20.2. The summed E-state index contributed by atoms with van der Waals surface area (Å²) >= 11 is 0. The van der Waals surface area contributed by atoms with Crippen LogP contribution < -0.4 is 15.9 Å². The Morgan fingerprint density at radius 3 is 1.54 bits per heavy atom. The summed E-state index contributed by atoms with van der Waals surface area (Å²) in [5, 5.41) is 9.24. The highest BCUT2D eigenvalue weighted by Gasteiger charge is 2.31. The van der Waals surface area contributed by atoms with Crippen LogP contribution in [0.15, 0.2) is 158 Å². The van der Waals surface area contributed by atoms with Gasteiger partial charge in [0.15, 0.2) is 7.14 Å². The molecule has 0 aliphatic rings. The topological polar surface area (TPSA) is 22.0 Å². The lowest BCUT2D eigenvalue weighted by Crippen LogP contribution is -2.25. The summed E-state index contributed by atoms with van der Waals surface area (Å²) in [4.78, 5) is 0. The molecular weight excluding hydrogens is 517 g/mol. The Morgan fingerprint density at radius 1 is 0.390 bits per heavy atom. The fourth-order valence-corrected chi connectivity index (χ4v) is 8.90. The van der Waals surface area contributed by atoms with E-state index in [2.05, 4.69) is 132 Å². The van der Waals surface area contributed by atoms with Gasteiger partial charge in [-0.05, 0) is 70.1 Å². The maximum absolute atomic E-state index is 15.8. The average molecular weight is 544 g/mol. The van der Waals surface area contributed by atoms with Crippen LogP contribution in [0.3, 0.4) is 0 Å². The Labute approximate surface area is 238 Å². The van der Waals surface area contributed by atoms with E-state index >= 15 is 4.57 Å². The zero-order valence-electron chi connectivity index (χ0n) is 22.3. The molecular formula is C38H26NOP. The van der Waals surface area contributed by atoms with Crippen molar-refractivity contribution in [3.63, 3.8) is 0 Å². The van der Waals surface area contributed by atoms with Crippen LogP contribution in [0, 0.1) is 0 Å². The van der Waals surface area contributed by atoms with Crippen molar-refractivity contribution in [3.8, 4) is 5.69 Å². The van der Waals surface area contributed by atoms with Crippen LogP contribution in [0.4, 0.5) is 0 Å². The fourth-order valence-electron chi connectivity index (χ4n) is 6.20. The second-order valence-corrected chi connectivity index (χ2v) is 13.3. The van der Waals surface area contributed by atoms with Gasteiger partial charge in [-0.2, -0.15) is 0 Å². The maximum atomic E-state index is 15.8. The SMILES string of the molecule is O=P(c1ccc2ccccc2c1)(c1ccc2ccccc2c1)c1ccc2c(c1)c1ccccc1n2-c1ccccc1. The monoisotopic (exact) mass is 543 g/mol. The molecule has 0 atom stereocenters. The minimum Gasteiger partial charge on any atom is -0.309 e. The van der Waals surface area contributed by atoms with E-state index in [1.165, 1.54) is 0 Å². The largest absolute Gasteiger partial charge is 0.309 e. The molecule has 0 radical (unpaired) electrons. The first-order valence-electron chi connectivity index (χ1n) is 13.9. The average Bonchev–Trinajstić information content (AvgIpc) is 3.38. The molecule has 194 valence electrons. The van der Waals surface area contributed by atoms with Crippen molar-refractivity contribution in [3.05, 3.63) is 158 Å². The van der Waals surface area contributed by atoms with E-state index in [-0.39, 0.29) is 0 Å². The minimum absolute atomic E-state index is 0.839. The van der Waals surface area contributed by atoms with Crippen LogP contribution in [0.5, 0.6) is 0 Å². The molecule has 0 N–H and O–H groups in total. The molecule has 1 aromatic heterocycles. The van der Waals surface area contributed by atoms with Gasteiger partial charge in [0.05, 0.1) is 11.0 Å². The Kier molecular flexibility index (Phi) is 5.45. The summed E-state index contributed by atoms with van der Waals surface area (Å²) < 4.78 is 18.1. The second kappa shape index (κ2) is 9.34. The molecule has 0 spiro atoms. The van der Waals surface area contributed by atoms with Crippen molar-refractivity contribution in [2.75, 3.05) is 0 Å². The van der Waals surface area contributed by atoms with Crippen LogP contribution >= 0.6 is 7.14 Å². The molecule has 0 aliphatic carbocycles. The second-order valence-electron chi connectivity index (χ2n) is 10.6. The number of rotatable bonds is 4. The lowest BCUT2D eigenvalue weighted by molar-refractivity contribution is 0.592. The number of fused-ring (bicyclic) bond motifs is 5. The van der Waals surface area contributed by atoms with E-state index in [0.717, 1.165) is 65.0 Å². The highest BCUT2D eigenvalue weighted by Crippen LogP contribution is 2.45. The summed E-state index contributed by atoms with van der Waals surface area (Å²) in [6.07, 6.45) is 0. The fraction of sp³-hybridized carbons (Fsp3) is 0. The van der Waals surface area contributed by atoms with Gasteiger partial charge in [0, 0.05) is 32.4 Å².